The van der Waals surface area contributed by atoms with E-state index >= 15 is 0 Å². The van der Waals surface area contributed by atoms with E-state index in [9.17, 15) is 9.59 Å². The Morgan fingerprint density at radius 2 is 2.00 bits per heavy atom. The second kappa shape index (κ2) is 7.66. The Kier molecular flexibility index (Phi) is 5.51. The molecule has 0 bridgehead atoms. The maximum atomic E-state index is 13.4. The molecular weight excluding hydrogens is 332 g/mol. The quantitative estimate of drug-likeness (QED) is 0.896. The summed E-state index contributed by atoms with van der Waals surface area (Å²) in [7, 11) is 1.57. The number of hydrogen-bond donors (Lipinski definition) is 1. The zero-order valence-electron chi connectivity index (χ0n) is 15.8. The third-order valence-electron chi connectivity index (χ3n) is 5.16. The molecule has 6 heteroatoms. The summed E-state index contributed by atoms with van der Waals surface area (Å²) in [4.78, 5) is 27.8. The van der Waals surface area contributed by atoms with Crippen LogP contribution < -0.4 is 10.1 Å². The molecule has 2 fully saturated rings. The average Bonchev–Trinajstić information content (AvgIpc) is 2.99. The monoisotopic (exact) mass is 360 g/mol. The lowest BCUT2D eigenvalue weighted by Gasteiger charge is -2.41. The fourth-order valence-electron chi connectivity index (χ4n) is 3.95. The molecule has 2 amide bonds. The fraction of sp³-hybridized carbons (Fsp3) is 0.600. The minimum absolute atomic E-state index is 0.0131. The molecule has 6 nitrogen and oxygen atoms in total. The summed E-state index contributed by atoms with van der Waals surface area (Å²) in [5.74, 6) is 0.294. The van der Waals surface area contributed by atoms with Crippen LogP contribution in [-0.2, 0) is 9.53 Å². The lowest BCUT2D eigenvalue weighted by atomic mass is 9.89. The number of methoxy groups -OCH3 is 1. The first-order chi connectivity index (χ1) is 12.5. The van der Waals surface area contributed by atoms with Gasteiger partial charge in [0.25, 0.3) is 5.91 Å². The molecule has 1 heterocycles. The van der Waals surface area contributed by atoms with Crippen LogP contribution in [0.2, 0.25) is 0 Å². The lowest BCUT2D eigenvalue weighted by Crippen LogP contribution is -2.57. The van der Waals surface area contributed by atoms with Crippen molar-refractivity contribution in [2.45, 2.75) is 63.8 Å². The van der Waals surface area contributed by atoms with Crippen LogP contribution >= 0.6 is 0 Å². The second-order valence-electron chi connectivity index (χ2n) is 7.40. The number of ether oxygens (including phenoxy) is 2. The first kappa shape index (κ1) is 18.7. The molecule has 1 spiro atoms. The number of carbonyl (C=O) groups excluding carboxylic acids is 2. The maximum absolute atomic E-state index is 13.4. The average molecular weight is 360 g/mol. The molecule has 0 unspecified atom stereocenters. The van der Waals surface area contributed by atoms with Gasteiger partial charge in [-0.1, -0.05) is 12.5 Å². The van der Waals surface area contributed by atoms with Crippen LogP contribution in [0.3, 0.4) is 0 Å². The van der Waals surface area contributed by atoms with Crippen molar-refractivity contribution in [1.29, 1.82) is 0 Å². The minimum Gasteiger partial charge on any atom is -0.497 e. The molecule has 1 atom stereocenters. The van der Waals surface area contributed by atoms with E-state index in [2.05, 4.69) is 5.32 Å². The molecule has 1 aliphatic heterocycles. The van der Waals surface area contributed by atoms with Gasteiger partial charge in [-0.25, -0.2) is 0 Å². The number of rotatable bonds is 4. The van der Waals surface area contributed by atoms with Crippen molar-refractivity contribution < 1.29 is 19.1 Å². The van der Waals surface area contributed by atoms with Crippen LogP contribution in [0.1, 0.15) is 56.3 Å². The first-order valence-electron chi connectivity index (χ1n) is 9.39. The Labute approximate surface area is 154 Å². The predicted octanol–water partition coefficient (Wildman–Crippen LogP) is 2.72. The van der Waals surface area contributed by atoms with Gasteiger partial charge in [0.1, 0.15) is 17.5 Å². The number of carbonyl (C=O) groups is 2. The third-order valence-corrected chi connectivity index (χ3v) is 5.16. The van der Waals surface area contributed by atoms with E-state index in [0.717, 1.165) is 32.1 Å². The smallest absolute Gasteiger partial charge is 0.257 e. The number of benzene rings is 1. The summed E-state index contributed by atoms with van der Waals surface area (Å²) in [5, 5.41) is 2.93. The standard InChI is InChI=1S/C20H28N2O4/c1-14(2)21-18(23)17-13-26-20(10-5-4-6-11-20)22(17)19(24)15-8-7-9-16(12-15)25-3/h7-9,12,14,17H,4-6,10-11,13H2,1-3H3,(H,21,23)/t17-/m0/s1. The van der Waals surface area contributed by atoms with E-state index in [0.29, 0.717) is 11.3 Å². The van der Waals surface area contributed by atoms with Crippen molar-refractivity contribution in [2.24, 2.45) is 0 Å². The normalized spacial score (nSPS) is 21.8. The Morgan fingerprint density at radius 1 is 1.27 bits per heavy atom. The Bertz CT molecular complexity index is 668. The Balaban J connectivity index is 1.94. The van der Waals surface area contributed by atoms with Gasteiger partial charge in [0.2, 0.25) is 5.91 Å². The molecule has 26 heavy (non-hydrogen) atoms. The number of hydrogen-bond acceptors (Lipinski definition) is 4. The zero-order valence-corrected chi connectivity index (χ0v) is 15.8. The van der Waals surface area contributed by atoms with Crippen LogP contribution in [0.25, 0.3) is 0 Å². The highest BCUT2D eigenvalue weighted by atomic mass is 16.5. The molecule has 142 valence electrons. The van der Waals surface area contributed by atoms with E-state index in [1.165, 1.54) is 0 Å². The predicted molar refractivity (Wildman–Crippen MR) is 98.0 cm³/mol. The van der Waals surface area contributed by atoms with Gasteiger partial charge < -0.3 is 14.8 Å². The van der Waals surface area contributed by atoms with Gasteiger partial charge in [-0.05, 0) is 57.7 Å². The number of amides is 2. The van der Waals surface area contributed by atoms with Crippen LogP contribution in [0, 0.1) is 0 Å². The topological polar surface area (TPSA) is 67.9 Å². The van der Waals surface area contributed by atoms with Crippen LogP contribution in [0.15, 0.2) is 24.3 Å². The van der Waals surface area contributed by atoms with E-state index in [-0.39, 0.29) is 24.5 Å². The molecule has 3 rings (SSSR count). The molecule has 1 N–H and O–H groups in total. The fourth-order valence-corrected chi connectivity index (χ4v) is 3.95. The molecule has 0 radical (unpaired) electrons. The highest BCUT2D eigenvalue weighted by molar-refractivity contribution is 5.98. The summed E-state index contributed by atoms with van der Waals surface area (Å²) >= 11 is 0. The van der Waals surface area contributed by atoms with Gasteiger partial charge in [0, 0.05) is 11.6 Å². The SMILES string of the molecule is COc1cccc(C(=O)N2[C@H](C(=O)NC(C)C)COC23CCCCC3)c1. The van der Waals surface area contributed by atoms with Crippen molar-refractivity contribution in [3.63, 3.8) is 0 Å². The van der Waals surface area contributed by atoms with E-state index in [4.69, 9.17) is 9.47 Å². The van der Waals surface area contributed by atoms with Crippen LogP contribution in [0.5, 0.6) is 5.75 Å². The summed E-state index contributed by atoms with van der Waals surface area (Å²) in [5.41, 5.74) is -0.153. The van der Waals surface area contributed by atoms with Crippen molar-refractivity contribution >= 4 is 11.8 Å². The van der Waals surface area contributed by atoms with Gasteiger partial charge in [-0.3, -0.25) is 14.5 Å². The summed E-state index contributed by atoms with van der Waals surface area (Å²) < 4.78 is 11.4. The van der Waals surface area contributed by atoms with Crippen molar-refractivity contribution in [1.82, 2.24) is 10.2 Å². The van der Waals surface area contributed by atoms with Gasteiger partial charge in [-0.15, -0.1) is 0 Å². The summed E-state index contributed by atoms with van der Waals surface area (Å²) in [6.07, 6.45) is 4.68. The molecular formula is C20H28N2O4. The molecule has 1 aromatic carbocycles. The summed E-state index contributed by atoms with van der Waals surface area (Å²) in [6, 6.07) is 6.48. The largest absolute Gasteiger partial charge is 0.497 e. The van der Waals surface area contributed by atoms with Crippen LogP contribution in [-0.4, -0.2) is 48.2 Å². The van der Waals surface area contributed by atoms with Crippen molar-refractivity contribution in [2.75, 3.05) is 13.7 Å². The van der Waals surface area contributed by atoms with Crippen molar-refractivity contribution in [3.05, 3.63) is 29.8 Å². The Hall–Kier alpha value is -2.08. The molecule has 1 saturated heterocycles. The molecule has 1 aliphatic carbocycles. The highest BCUT2D eigenvalue weighted by Gasteiger charge is 2.53. The third kappa shape index (κ3) is 3.56. The van der Waals surface area contributed by atoms with Crippen molar-refractivity contribution in [3.8, 4) is 5.75 Å². The van der Waals surface area contributed by atoms with E-state index < -0.39 is 11.8 Å². The molecule has 1 aromatic rings. The van der Waals surface area contributed by atoms with Crippen LogP contribution in [0.4, 0.5) is 0 Å². The van der Waals surface area contributed by atoms with E-state index in [1.807, 2.05) is 13.8 Å². The maximum Gasteiger partial charge on any atom is 0.257 e. The minimum atomic E-state index is -0.669. The van der Waals surface area contributed by atoms with Gasteiger partial charge in [-0.2, -0.15) is 0 Å². The summed E-state index contributed by atoms with van der Waals surface area (Å²) in [6.45, 7) is 4.07. The highest BCUT2D eigenvalue weighted by Crippen LogP contribution is 2.41. The molecule has 2 aliphatic rings. The molecule has 1 saturated carbocycles. The van der Waals surface area contributed by atoms with Gasteiger partial charge in [0.05, 0.1) is 13.7 Å². The zero-order chi connectivity index (χ0) is 18.7. The Morgan fingerprint density at radius 3 is 2.65 bits per heavy atom. The van der Waals surface area contributed by atoms with Gasteiger partial charge in [0.15, 0.2) is 0 Å². The second-order valence-corrected chi connectivity index (χ2v) is 7.40. The number of nitrogens with zero attached hydrogens (tertiary/aromatic N) is 1. The first-order valence-corrected chi connectivity index (χ1v) is 9.39. The molecule has 0 aromatic heterocycles. The number of nitrogens with one attached hydrogen (secondary N) is 1. The lowest BCUT2D eigenvalue weighted by molar-refractivity contribution is -0.127. The van der Waals surface area contributed by atoms with Gasteiger partial charge >= 0.3 is 0 Å². The van der Waals surface area contributed by atoms with E-state index in [1.54, 1.807) is 36.3 Å².